The molecule has 1 aliphatic rings. The van der Waals surface area contributed by atoms with E-state index in [2.05, 4.69) is 0 Å². The number of hydrogen-bond donors (Lipinski definition) is 1. The fourth-order valence-corrected chi connectivity index (χ4v) is 1.71. The Kier molecular flexibility index (Phi) is 2.91. The second kappa shape index (κ2) is 3.62. The molecule has 13 heavy (non-hydrogen) atoms. The summed E-state index contributed by atoms with van der Waals surface area (Å²) < 4.78 is 17.8. The third kappa shape index (κ3) is 1.99. The van der Waals surface area contributed by atoms with Crippen molar-refractivity contribution in [1.29, 1.82) is 0 Å². The highest BCUT2D eigenvalue weighted by Crippen LogP contribution is 2.40. The smallest absolute Gasteiger partial charge is 0.311 e. The van der Waals surface area contributed by atoms with Crippen molar-refractivity contribution in [2.24, 2.45) is 5.41 Å². The summed E-state index contributed by atoms with van der Waals surface area (Å²) in [5.74, 6) is -0.408. The molecular weight excluding hydrogens is 175 g/mol. The molecule has 3 atom stereocenters. The van der Waals surface area contributed by atoms with Crippen molar-refractivity contribution < 1.29 is 19.0 Å². The monoisotopic (exact) mass is 190 g/mol. The lowest BCUT2D eigenvalue weighted by atomic mass is 9.89. The minimum Gasteiger partial charge on any atom is -0.466 e. The van der Waals surface area contributed by atoms with Gasteiger partial charge < -0.3 is 9.84 Å². The van der Waals surface area contributed by atoms with Crippen LogP contribution in [-0.4, -0.2) is 30.0 Å². The predicted molar refractivity (Wildman–Crippen MR) is 44.9 cm³/mol. The average Bonchev–Trinajstić information content (AvgIpc) is 2.28. The molecule has 0 spiro atoms. The van der Waals surface area contributed by atoms with Crippen molar-refractivity contribution in [2.75, 3.05) is 6.61 Å². The van der Waals surface area contributed by atoms with E-state index in [-0.39, 0.29) is 12.8 Å². The first kappa shape index (κ1) is 10.4. The van der Waals surface area contributed by atoms with E-state index in [1.54, 1.807) is 13.8 Å². The molecule has 4 heteroatoms. The number of halogens is 1. The van der Waals surface area contributed by atoms with Crippen molar-refractivity contribution >= 4 is 5.97 Å². The maximum Gasteiger partial charge on any atom is 0.311 e. The maximum atomic E-state index is 13.0. The van der Waals surface area contributed by atoms with E-state index in [4.69, 9.17) is 9.84 Å². The summed E-state index contributed by atoms with van der Waals surface area (Å²) in [7, 11) is 0. The van der Waals surface area contributed by atoms with Crippen LogP contribution in [0.15, 0.2) is 0 Å². The molecule has 0 bridgehead atoms. The van der Waals surface area contributed by atoms with Crippen LogP contribution in [0.1, 0.15) is 26.7 Å². The largest absolute Gasteiger partial charge is 0.466 e. The molecule has 0 aromatic heterocycles. The molecule has 0 saturated heterocycles. The zero-order chi connectivity index (χ0) is 10.1. The van der Waals surface area contributed by atoms with Gasteiger partial charge in [0.2, 0.25) is 0 Å². The van der Waals surface area contributed by atoms with E-state index in [0.29, 0.717) is 6.61 Å². The van der Waals surface area contributed by atoms with Crippen molar-refractivity contribution in [2.45, 2.75) is 39.0 Å². The molecule has 0 heterocycles. The molecule has 1 N–H and O–H groups in total. The summed E-state index contributed by atoms with van der Waals surface area (Å²) in [5.41, 5.74) is -0.838. The van der Waals surface area contributed by atoms with E-state index in [1.165, 1.54) is 0 Å². The van der Waals surface area contributed by atoms with Gasteiger partial charge in [-0.15, -0.1) is 0 Å². The Morgan fingerprint density at radius 2 is 2.31 bits per heavy atom. The zero-order valence-corrected chi connectivity index (χ0v) is 7.92. The first-order chi connectivity index (χ1) is 5.99. The van der Waals surface area contributed by atoms with Crippen LogP contribution in [0.4, 0.5) is 4.39 Å². The van der Waals surface area contributed by atoms with Gasteiger partial charge in [0.25, 0.3) is 0 Å². The van der Waals surface area contributed by atoms with Crippen LogP contribution in [0, 0.1) is 5.41 Å². The van der Waals surface area contributed by atoms with Gasteiger partial charge >= 0.3 is 5.97 Å². The van der Waals surface area contributed by atoms with Crippen LogP contribution in [-0.2, 0) is 9.53 Å². The number of esters is 1. The SMILES string of the molecule is CCOC(=O)[C@@]1(C)C[C@@H](F)[C@@H](O)C1. The van der Waals surface area contributed by atoms with Crippen molar-refractivity contribution in [3.8, 4) is 0 Å². The summed E-state index contributed by atoms with van der Waals surface area (Å²) in [6.45, 7) is 3.63. The predicted octanol–water partition coefficient (Wildman–Crippen LogP) is 1.05. The van der Waals surface area contributed by atoms with Gasteiger partial charge in [0, 0.05) is 0 Å². The molecule has 0 amide bonds. The molecule has 1 aliphatic carbocycles. The molecule has 0 unspecified atom stereocenters. The standard InChI is InChI=1S/C9H15FO3/c1-3-13-8(12)9(2)4-6(10)7(11)5-9/h6-7,11H,3-5H2,1-2H3/t6-,7+,9+/m1/s1. The van der Waals surface area contributed by atoms with Gasteiger partial charge in [-0.25, -0.2) is 4.39 Å². The van der Waals surface area contributed by atoms with Gasteiger partial charge in [-0.3, -0.25) is 4.79 Å². The number of carbonyl (C=O) groups is 1. The molecule has 76 valence electrons. The number of aliphatic hydroxyl groups excluding tert-OH is 1. The van der Waals surface area contributed by atoms with E-state index in [0.717, 1.165) is 0 Å². The van der Waals surface area contributed by atoms with Gasteiger partial charge in [0.05, 0.1) is 18.1 Å². The highest BCUT2D eigenvalue weighted by molar-refractivity contribution is 5.77. The molecule has 1 rings (SSSR count). The summed E-state index contributed by atoms with van der Waals surface area (Å²) in [4.78, 5) is 11.4. The summed E-state index contributed by atoms with van der Waals surface area (Å²) >= 11 is 0. The van der Waals surface area contributed by atoms with E-state index < -0.39 is 23.7 Å². The maximum absolute atomic E-state index is 13.0. The second-order valence-electron chi connectivity index (χ2n) is 3.77. The summed E-state index contributed by atoms with van der Waals surface area (Å²) in [6.07, 6.45) is -2.09. The Morgan fingerprint density at radius 3 is 2.69 bits per heavy atom. The fourth-order valence-electron chi connectivity index (χ4n) is 1.71. The minimum absolute atomic E-state index is 0.0625. The molecule has 0 radical (unpaired) electrons. The highest BCUT2D eigenvalue weighted by Gasteiger charge is 2.47. The first-order valence-electron chi connectivity index (χ1n) is 4.49. The molecule has 1 saturated carbocycles. The summed E-state index contributed by atoms with van der Waals surface area (Å²) in [5, 5.41) is 9.17. The molecule has 0 aliphatic heterocycles. The Hall–Kier alpha value is -0.640. The van der Waals surface area contributed by atoms with Crippen LogP contribution >= 0.6 is 0 Å². The molecule has 0 aromatic rings. The average molecular weight is 190 g/mol. The van der Waals surface area contributed by atoms with Gasteiger partial charge in [-0.05, 0) is 26.7 Å². The van der Waals surface area contributed by atoms with Crippen molar-refractivity contribution in [3.63, 3.8) is 0 Å². The number of alkyl halides is 1. The zero-order valence-electron chi connectivity index (χ0n) is 7.92. The Balaban J connectivity index is 2.63. The van der Waals surface area contributed by atoms with Gasteiger partial charge in [0.1, 0.15) is 6.17 Å². The van der Waals surface area contributed by atoms with Crippen molar-refractivity contribution in [3.05, 3.63) is 0 Å². The van der Waals surface area contributed by atoms with Crippen LogP contribution in [0.25, 0.3) is 0 Å². The third-order valence-corrected chi connectivity index (χ3v) is 2.49. The lowest BCUT2D eigenvalue weighted by Crippen LogP contribution is -2.27. The highest BCUT2D eigenvalue weighted by atomic mass is 19.1. The quantitative estimate of drug-likeness (QED) is 0.662. The van der Waals surface area contributed by atoms with Crippen LogP contribution in [0.3, 0.4) is 0 Å². The Morgan fingerprint density at radius 1 is 1.69 bits per heavy atom. The molecule has 0 aromatic carbocycles. The summed E-state index contributed by atoms with van der Waals surface area (Å²) in [6, 6.07) is 0. The molecular formula is C9H15FO3. The fraction of sp³-hybridized carbons (Fsp3) is 0.889. The molecule has 1 fully saturated rings. The topological polar surface area (TPSA) is 46.5 Å². The van der Waals surface area contributed by atoms with Gasteiger partial charge in [0.15, 0.2) is 0 Å². The third-order valence-electron chi connectivity index (χ3n) is 2.49. The minimum atomic E-state index is -1.30. The van der Waals surface area contributed by atoms with Crippen LogP contribution in [0.2, 0.25) is 0 Å². The number of hydrogen-bond acceptors (Lipinski definition) is 3. The van der Waals surface area contributed by atoms with E-state index in [1.807, 2.05) is 0 Å². The normalized spacial score (nSPS) is 39.1. The number of rotatable bonds is 2. The number of aliphatic hydroxyl groups is 1. The van der Waals surface area contributed by atoms with E-state index >= 15 is 0 Å². The van der Waals surface area contributed by atoms with Crippen LogP contribution in [0.5, 0.6) is 0 Å². The number of ether oxygens (including phenoxy) is 1. The van der Waals surface area contributed by atoms with Gasteiger partial charge in [-0.1, -0.05) is 0 Å². The van der Waals surface area contributed by atoms with Crippen LogP contribution < -0.4 is 0 Å². The van der Waals surface area contributed by atoms with E-state index in [9.17, 15) is 9.18 Å². The Bertz CT molecular complexity index is 195. The first-order valence-corrected chi connectivity index (χ1v) is 4.49. The number of carbonyl (C=O) groups excluding carboxylic acids is 1. The lowest BCUT2D eigenvalue weighted by molar-refractivity contribution is -0.154. The van der Waals surface area contributed by atoms with Gasteiger partial charge in [-0.2, -0.15) is 0 Å². The second-order valence-corrected chi connectivity index (χ2v) is 3.77. The lowest BCUT2D eigenvalue weighted by Gasteiger charge is -2.20. The Labute approximate surface area is 76.9 Å². The molecule has 3 nitrogen and oxygen atoms in total. The van der Waals surface area contributed by atoms with Crippen molar-refractivity contribution in [1.82, 2.24) is 0 Å².